The number of carbonyl (C=O) groups is 2. The van der Waals surface area contributed by atoms with Crippen molar-refractivity contribution in [1.29, 1.82) is 0 Å². The van der Waals surface area contributed by atoms with E-state index in [4.69, 9.17) is 9.47 Å². The van der Waals surface area contributed by atoms with Crippen molar-refractivity contribution in [1.82, 2.24) is 20.4 Å². The first-order valence-electron chi connectivity index (χ1n) is 10.6. The Morgan fingerprint density at radius 1 is 0.938 bits per heavy atom. The van der Waals surface area contributed by atoms with Crippen LogP contribution in [0.4, 0.5) is 0 Å². The zero-order valence-corrected chi connectivity index (χ0v) is 18.3. The lowest BCUT2D eigenvalue weighted by Crippen LogP contribution is -2.36. The average Bonchev–Trinajstić information content (AvgIpc) is 3.31. The van der Waals surface area contributed by atoms with E-state index in [1.165, 1.54) is 0 Å². The van der Waals surface area contributed by atoms with Crippen LogP contribution in [0, 0.1) is 0 Å². The monoisotopic (exact) mass is 436 g/mol. The molecule has 0 aliphatic heterocycles. The van der Waals surface area contributed by atoms with Gasteiger partial charge in [-0.1, -0.05) is 24.3 Å². The van der Waals surface area contributed by atoms with E-state index in [9.17, 15) is 9.59 Å². The summed E-state index contributed by atoms with van der Waals surface area (Å²) < 4.78 is 12.9. The molecule has 8 heteroatoms. The van der Waals surface area contributed by atoms with E-state index in [0.29, 0.717) is 43.4 Å². The maximum Gasteiger partial charge on any atom is 0.251 e. The Balaban J connectivity index is 1.53. The fourth-order valence-corrected chi connectivity index (χ4v) is 3.16. The summed E-state index contributed by atoms with van der Waals surface area (Å²) in [6.45, 7) is 5.55. The lowest BCUT2D eigenvalue weighted by molar-refractivity contribution is -0.120. The molecule has 0 aliphatic carbocycles. The summed E-state index contributed by atoms with van der Waals surface area (Å²) in [6.07, 6.45) is 3.62. The number of hydrogen-bond acceptors (Lipinski definition) is 5. The topological polar surface area (TPSA) is 94.5 Å². The SMILES string of the molecule is CCOc1ccc(C(=O)NCC(=O)NCc2ccccc2Cn2cccn2)cc1OCC. The van der Waals surface area contributed by atoms with Crippen molar-refractivity contribution >= 4 is 11.8 Å². The summed E-state index contributed by atoms with van der Waals surface area (Å²) in [7, 11) is 0. The van der Waals surface area contributed by atoms with Crippen LogP contribution in [0.1, 0.15) is 35.3 Å². The Bertz CT molecular complexity index is 1030. The first-order valence-corrected chi connectivity index (χ1v) is 10.6. The summed E-state index contributed by atoms with van der Waals surface area (Å²) in [5, 5.41) is 9.72. The van der Waals surface area contributed by atoms with Gasteiger partial charge in [0.05, 0.1) is 26.3 Å². The minimum absolute atomic E-state index is 0.128. The van der Waals surface area contributed by atoms with Crippen molar-refractivity contribution < 1.29 is 19.1 Å². The molecule has 0 atom stereocenters. The van der Waals surface area contributed by atoms with Crippen LogP contribution < -0.4 is 20.1 Å². The molecule has 2 N–H and O–H groups in total. The van der Waals surface area contributed by atoms with Crippen LogP contribution in [-0.2, 0) is 17.9 Å². The van der Waals surface area contributed by atoms with Crippen LogP contribution in [-0.4, -0.2) is 41.4 Å². The lowest BCUT2D eigenvalue weighted by atomic mass is 10.1. The Hall–Kier alpha value is -3.81. The number of nitrogens with one attached hydrogen (secondary N) is 2. The van der Waals surface area contributed by atoms with E-state index in [1.807, 2.05) is 55.1 Å². The molecule has 2 aromatic carbocycles. The molecule has 0 saturated heterocycles. The molecule has 8 nitrogen and oxygen atoms in total. The van der Waals surface area contributed by atoms with Gasteiger partial charge in [-0.2, -0.15) is 5.10 Å². The van der Waals surface area contributed by atoms with Crippen molar-refractivity contribution in [3.63, 3.8) is 0 Å². The highest BCUT2D eigenvalue weighted by Crippen LogP contribution is 2.28. The van der Waals surface area contributed by atoms with Gasteiger partial charge in [0.25, 0.3) is 5.91 Å². The third-order valence-corrected chi connectivity index (χ3v) is 4.70. The summed E-state index contributed by atoms with van der Waals surface area (Å²) >= 11 is 0. The fourth-order valence-electron chi connectivity index (χ4n) is 3.16. The van der Waals surface area contributed by atoms with Gasteiger partial charge in [0, 0.05) is 24.5 Å². The number of hydrogen-bond donors (Lipinski definition) is 2. The smallest absolute Gasteiger partial charge is 0.251 e. The zero-order chi connectivity index (χ0) is 22.8. The third kappa shape index (κ3) is 6.34. The molecule has 0 aliphatic rings. The van der Waals surface area contributed by atoms with E-state index in [-0.39, 0.29) is 18.4 Å². The van der Waals surface area contributed by atoms with Crippen molar-refractivity contribution in [3.8, 4) is 11.5 Å². The van der Waals surface area contributed by atoms with Crippen LogP contribution >= 0.6 is 0 Å². The van der Waals surface area contributed by atoms with E-state index in [2.05, 4.69) is 15.7 Å². The quantitative estimate of drug-likeness (QED) is 0.482. The lowest BCUT2D eigenvalue weighted by Gasteiger charge is -2.13. The number of rotatable bonds is 11. The van der Waals surface area contributed by atoms with Crippen LogP contribution in [0.5, 0.6) is 11.5 Å². The summed E-state index contributed by atoms with van der Waals surface area (Å²) in [5.74, 6) is 0.448. The van der Waals surface area contributed by atoms with Crippen LogP contribution in [0.15, 0.2) is 60.9 Å². The normalized spacial score (nSPS) is 10.4. The van der Waals surface area contributed by atoms with E-state index >= 15 is 0 Å². The Labute approximate surface area is 187 Å². The predicted octanol–water partition coefficient (Wildman–Crippen LogP) is 2.78. The average molecular weight is 437 g/mol. The Kier molecular flexibility index (Phi) is 8.25. The molecule has 32 heavy (non-hydrogen) atoms. The van der Waals surface area contributed by atoms with Gasteiger partial charge in [-0.3, -0.25) is 14.3 Å². The molecule has 3 rings (SSSR count). The largest absolute Gasteiger partial charge is 0.490 e. The number of ether oxygens (including phenoxy) is 2. The van der Waals surface area contributed by atoms with Crippen LogP contribution in [0.25, 0.3) is 0 Å². The minimum Gasteiger partial charge on any atom is -0.490 e. The van der Waals surface area contributed by atoms with Crippen molar-refractivity contribution in [2.75, 3.05) is 19.8 Å². The second kappa shape index (κ2) is 11.5. The fraction of sp³-hybridized carbons (Fsp3) is 0.292. The standard InChI is InChI=1S/C24H28N4O4/c1-3-31-21-11-10-18(14-22(21)32-4-2)24(30)26-16-23(29)25-15-19-8-5-6-9-20(19)17-28-13-7-12-27-28/h5-14H,3-4,15-17H2,1-2H3,(H,25,29)(H,26,30). The number of amides is 2. The molecule has 3 aromatic rings. The Morgan fingerprint density at radius 2 is 1.69 bits per heavy atom. The van der Waals surface area contributed by atoms with E-state index in [1.54, 1.807) is 24.4 Å². The second-order valence-corrected chi connectivity index (χ2v) is 6.96. The van der Waals surface area contributed by atoms with Gasteiger partial charge >= 0.3 is 0 Å². The van der Waals surface area contributed by atoms with Gasteiger partial charge in [0.15, 0.2) is 11.5 Å². The van der Waals surface area contributed by atoms with Crippen molar-refractivity contribution in [2.45, 2.75) is 26.9 Å². The molecule has 0 saturated carbocycles. The number of benzene rings is 2. The first-order chi connectivity index (χ1) is 15.6. The molecule has 0 spiro atoms. The van der Waals surface area contributed by atoms with Crippen molar-refractivity contribution in [2.24, 2.45) is 0 Å². The molecule has 0 radical (unpaired) electrons. The maximum atomic E-state index is 12.5. The summed E-state index contributed by atoms with van der Waals surface area (Å²) in [6, 6.07) is 14.7. The van der Waals surface area contributed by atoms with E-state index < -0.39 is 0 Å². The van der Waals surface area contributed by atoms with Gasteiger partial charge in [0.2, 0.25) is 5.91 Å². The first kappa shape index (κ1) is 22.9. The van der Waals surface area contributed by atoms with Crippen LogP contribution in [0.3, 0.4) is 0 Å². The predicted molar refractivity (Wildman–Crippen MR) is 121 cm³/mol. The summed E-state index contributed by atoms with van der Waals surface area (Å²) in [4.78, 5) is 24.8. The van der Waals surface area contributed by atoms with Crippen molar-refractivity contribution in [3.05, 3.63) is 77.6 Å². The summed E-state index contributed by atoms with van der Waals surface area (Å²) in [5.41, 5.74) is 2.46. The molecular formula is C24H28N4O4. The van der Waals surface area contributed by atoms with Gasteiger partial charge in [0.1, 0.15) is 0 Å². The van der Waals surface area contributed by atoms with Gasteiger partial charge in [-0.15, -0.1) is 0 Å². The molecule has 2 amide bonds. The van der Waals surface area contributed by atoms with Gasteiger partial charge < -0.3 is 20.1 Å². The molecule has 0 unspecified atom stereocenters. The zero-order valence-electron chi connectivity index (χ0n) is 18.3. The highest BCUT2D eigenvalue weighted by Gasteiger charge is 2.13. The molecule has 1 heterocycles. The number of carbonyl (C=O) groups excluding carboxylic acids is 2. The second-order valence-electron chi connectivity index (χ2n) is 6.96. The van der Waals surface area contributed by atoms with Crippen LogP contribution in [0.2, 0.25) is 0 Å². The van der Waals surface area contributed by atoms with E-state index in [0.717, 1.165) is 11.1 Å². The highest BCUT2D eigenvalue weighted by atomic mass is 16.5. The number of aromatic nitrogens is 2. The molecular weight excluding hydrogens is 408 g/mol. The minimum atomic E-state index is -0.358. The third-order valence-electron chi connectivity index (χ3n) is 4.70. The molecule has 168 valence electrons. The maximum absolute atomic E-state index is 12.5. The van der Waals surface area contributed by atoms with Gasteiger partial charge in [-0.05, 0) is 49.2 Å². The molecule has 0 fully saturated rings. The number of nitrogens with zero attached hydrogens (tertiary/aromatic N) is 2. The Morgan fingerprint density at radius 3 is 2.41 bits per heavy atom. The van der Waals surface area contributed by atoms with Gasteiger partial charge in [-0.25, -0.2) is 0 Å². The molecule has 1 aromatic heterocycles. The highest BCUT2D eigenvalue weighted by molar-refractivity contribution is 5.97. The molecule has 0 bridgehead atoms.